The number of aliphatic carboxylic acids is 1. The van der Waals surface area contributed by atoms with Crippen LogP contribution in [-0.2, 0) is 4.79 Å². The molecule has 1 aliphatic rings. The summed E-state index contributed by atoms with van der Waals surface area (Å²) in [4.78, 5) is 23.8. The molecule has 1 aliphatic heterocycles. The monoisotopic (exact) mass is 369 g/mol. The highest BCUT2D eigenvalue weighted by Crippen LogP contribution is 2.41. The van der Waals surface area contributed by atoms with Crippen molar-refractivity contribution in [3.8, 4) is 11.5 Å². The van der Waals surface area contributed by atoms with Gasteiger partial charge < -0.3 is 19.9 Å². The van der Waals surface area contributed by atoms with Gasteiger partial charge >= 0.3 is 5.97 Å². The maximum absolute atomic E-state index is 12.3. The summed E-state index contributed by atoms with van der Waals surface area (Å²) in [6.07, 6.45) is 0.733. The van der Waals surface area contributed by atoms with Gasteiger partial charge in [-0.2, -0.15) is 0 Å². The van der Waals surface area contributed by atoms with E-state index in [9.17, 15) is 14.7 Å². The highest BCUT2D eigenvalue weighted by molar-refractivity contribution is 5.99. The van der Waals surface area contributed by atoms with Crippen LogP contribution in [0, 0.1) is 0 Å². The van der Waals surface area contributed by atoms with E-state index >= 15 is 0 Å². The summed E-state index contributed by atoms with van der Waals surface area (Å²) < 4.78 is 11.1. The molecule has 6 heteroatoms. The van der Waals surface area contributed by atoms with E-state index in [0.717, 1.165) is 17.5 Å². The fraction of sp³-hybridized carbons (Fsp3) is 0.333. The van der Waals surface area contributed by atoms with E-state index < -0.39 is 17.9 Å². The normalized spacial score (nSPS) is 16.4. The molecule has 142 valence electrons. The van der Waals surface area contributed by atoms with E-state index in [1.54, 1.807) is 25.3 Å². The number of amides is 1. The second kappa shape index (κ2) is 8.12. The van der Waals surface area contributed by atoms with Crippen molar-refractivity contribution in [2.24, 2.45) is 0 Å². The second-order valence-electron chi connectivity index (χ2n) is 6.50. The minimum Gasteiger partial charge on any atom is -0.493 e. The van der Waals surface area contributed by atoms with Gasteiger partial charge in [-0.05, 0) is 35.7 Å². The molecule has 0 spiro atoms. The molecule has 2 aromatic rings. The number of methoxy groups -OCH3 is 1. The van der Waals surface area contributed by atoms with Crippen molar-refractivity contribution in [1.29, 1.82) is 0 Å². The number of carboxylic acid groups (broad SMARTS) is 1. The van der Waals surface area contributed by atoms with Crippen molar-refractivity contribution in [3.05, 3.63) is 59.2 Å². The minimum atomic E-state index is -0.925. The molecule has 0 bridgehead atoms. The molecule has 0 fully saturated rings. The first-order valence-electron chi connectivity index (χ1n) is 8.97. The van der Waals surface area contributed by atoms with Crippen molar-refractivity contribution in [1.82, 2.24) is 5.32 Å². The van der Waals surface area contributed by atoms with Gasteiger partial charge in [0.2, 0.25) is 0 Å². The Morgan fingerprint density at radius 1 is 1.22 bits per heavy atom. The van der Waals surface area contributed by atoms with Gasteiger partial charge in [-0.1, -0.05) is 31.2 Å². The predicted octanol–water partition coefficient (Wildman–Crippen LogP) is 3.53. The standard InChI is InChI=1S/C21H23NO5/c1-3-10-27-18-11-13(8-9-17(18)26-2)16(12-19(23)24)20-14-6-4-5-7-15(14)21(25)22-20/h4-9,11,16,20H,3,10,12H2,1-2H3,(H,22,25)(H,23,24). The van der Waals surface area contributed by atoms with E-state index in [2.05, 4.69) is 5.32 Å². The van der Waals surface area contributed by atoms with Gasteiger partial charge in [0.1, 0.15) is 0 Å². The van der Waals surface area contributed by atoms with Crippen molar-refractivity contribution < 1.29 is 24.2 Å². The molecule has 0 aromatic heterocycles. The van der Waals surface area contributed by atoms with Crippen LogP contribution in [-0.4, -0.2) is 30.7 Å². The third-order valence-corrected chi connectivity index (χ3v) is 4.70. The summed E-state index contributed by atoms with van der Waals surface area (Å²) in [5.41, 5.74) is 2.20. The predicted molar refractivity (Wildman–Crippen MR) is 100 cm³/mol. The van der Waals surface area contributed by atoms with Gasteiger partial charge in [0, 0.05) is 11.5 Å². The van der Waals surface area contributed by atoms with Crippen molar-refractivity contribution >= 4 is 11.9 Å². The molecule has 1 amide bonds. The maximum Gasteiger partial charge on any atom is 0.304 e. The van der Waals surface area contributed by atoms with Crippen molar-refractivity contribution in [3.63, 3.8) is 0 Å². The first kappa shape index (κ1) is 18.8. The van der Waals surface area contributed by atoms with Crippen molar-refractivity contribution in [2.45, 2.75) is 31.7 Å². The molecule has 0 aliphatic carbocycles. The van der Waals surface area contributed by atoms with E-state index in [0.29, 0.717) is 23.7 Å². The Kier molecular flexibility index (Phi) is 5.64. The number of hydrogen-bond acceptors (Lipinski definition) is 4. The Bertz CT molecular complexity index is 848. The Balaban J connectivity index is 2.01. The number of carboxylic acids is 1. The molecular weight excluding hydrogens is 346 g/mol. The zero-order valence-electron chi connectivity index (χ0n) is 15.4. The molecule has 0 radical (unpaired) electrons. The Hall–Kier alpha value is -3.02. The van der Waals surface area contributed by atoms with Crippen LogP contribution in [0.3, 0.4) is 0 Å². The first-order chi connectivity index (χ1) is 13.0. The summed E-state index contributed by atoms with van der Waals surface area (Å²) >= 11 is 0. The van der Waals surface area contributed by atoms with Gasteiger partial charge in [0.15, 0.2) is 11.5 Å². The largest absolute Gasteiger partial charge is 0.493 e. The van der Waals surface area contributed by atoms with Gasteiger partial charge in [-0.3, -0.25) is 9.59 Å². The van der Waals surface area contributed by atoms with Gasteiger partial charge in [0.25, 0.3) is 5.91 Å². The van der Waals surface area contributed by atoms with Gasteiger partial charge in [-0.25, -0.2) is 0 Å². The number of hydrogen-bond donors (Lipinski definition) is 2. The maximum atomic E-state index is 12.3. The third-order valence-electron chi connectivity index (χ3n) is 4.70. The molecule has 6 nitrogen and oxygen atoms in total. The Labute approximate surface area is 158 Å². The molecule has 2 aromatic carbocycles. The van der Waals surface area contributed by atoms with Crippen LogP contribution in [0.15, 0.2) is 42.5 Å². The molecular formula is C21H23NO5. The second-order valence-corrected chi connectivity index (χ2v) is 6.50. The fourth-order valence-corrected chi connectivity index (χ4v) is 3.45. The summed E-state index contributed by atoms with van der Waals surface area (Å²) in [6.45, 7) is 2.54. The lowest BCUT2D eigenvalue weighted by Gasteiger charge is -2.24. The van der Waals surface area contributed by atoms with Crippen molar-refractivity contribution in [2.75, 3.05) is 13.7 Å². The van der Waals surface area contributed by atoms with Crippen LogP contribution in [0.2, 0.25) is 0 Å². The molecule has 3 rings (SSSR count). The molecule has 2 atom stereocenters. The number of rotatable bonds is 8. The molecule has 27 heavy (non-hydrogen) atoms. The van der Waals surface area contributed by atoms with E-state index in [1.165, 1.54) is 0 Å². The summed E-state index contributed by atoms with van der Waals surface area (Å²) in [5.74, 6) is -0.362. The molecule has 2 unspecified atom stereocenters. The quantitative estimate of drug-likeness (QED) is 0.744. The Morgan fingerprint density at radius 2 is 2.00 bits per heavy atom. The Morgan fingerprint density at radius 3 is 2.70 bits per heavy atom. The lowest BCUT2D eigenvalue weighted by molar-refractivity contribution is -0.137. The average molecular weight is 369 g/mol. The summed E-state index contributed by atoms with van der Waals surface area (Å²) in [5, 5.41) is 12.4. The van der Waals surface area contributed by atoms with Crippen LogP contribution < -0.4 is 14.8 Å². The summed E-state index contributed by atoms with van der Waals surface area (Å²) in [7, 11) is 1.57. The highest BCUT2D eigenvalue weighted by Gasteiger charge is 2.36. The zero-order valence-corrected chi connectivity index (χ0v) is 15.4. The molecule has 0 saturated heterocycles. The van der Waals surface area contributed by atoms with Crippen LogP contribution >= 0.6 is 0 Å². The number of carbonyl (C=O) groups is 2. The molecule has 0 saturated carbocycles. The highest BCUT2D eigenvalue weighted by atomic mass is 16.5. The number of carbonyl (C=O) groups excluding carboxylic acids is 1. The van der Waals surface area contributed by atoms with Gasteiger partial charge in [-0.15, -0.1) is 0 Å². The lowest BCUT2D eigenvalue weighted by Crippen LogP contribution is -2.26. The smallest absolute Gasteiger partial charge is 0.304 e. The number of fused-ring (bicyclic) bond motifs is 1. The van der Waals surface area contributed by atoms with Crippen LogP contribution in [0.4, 0.5) is 0 Å². The number of benzene rings is 2. The molecule has 2 N–H and O–H groups in total. The van der Waals surface area contributed by atoms with Crippen LogP contribution in [0.1, 0.15) is 53.2 Å². The van der Waals surface area contributed by atoms with E-state index in [-0.39, 0.29) is 12.3 Å². The van der Waals surface area contributed by atoms with E-state index in [1.807, 2.05) is 31.2 Å². The topological polar surface area (TPSA) is 84.9 Å². The van der Waals surface area contributed by atoms with Crippen LogP contribution in [0.25, 0.3) is 0 Å². The lowest BCUT2D eigenvalue weighted by atomic mass is 9.85. The number of ether oxygens (including phenoxy) is 2. The fourth-order valence-electron chi connectivity index (χ4n) is 3.45. The number of nitrogens with one attached hydrogen (secondary N) is 1. The van der Waals surface area contributed by atoms with Gasteiger partial charge in [0.05, 0.1) is 26.2 Å². The van der Waals surface area contributed by atoms with Crippen LogP contribution in [0.5, 0.6) is 11.5 Å². The molecule has 1 heterocycles. The first-order valence-corrected chi connectivity index (χ1v) is 8.97. The van der Waals surface area contributed by atoms with E-state index in [4.69, 9.17) is 9.47 Å². The minimum absolute atomic E-state index is 0.112. The average Bonchev–Trinajstić information content (AvgIpc) is 3.01. The SMILES string of the molecule is CCCOc1cc(C(CC(=O)O)C2NC(=O)c3ccccc32)ccc1OC. The summed E-state index contributed by atoms with van der Waals surface area (Å²) in [6, 6.07) is 12.3. The zero-order chi connectivity index (χ0) is 19.4. The third kappa shape index (κ3) is 3.89.